The number of furan rings is 1. The number of ether oxygens (including phenoxy) is 2. The summed E-state index contributed by atoms with van der Waals surface area (Å²) in [4.78, 5) is 0. The molecule has 1 aromatic carbocycles. The van der Waals surface area contributed by atoms with Gasteiger partial charge >= 0.3 is 0 Å². The first kappa shape index (κ1) is 12.8. The van der Waals surface area contributed by atoms with Gasteiger partial charge in [-0.2, -0.15) is 0 Å². The van der Waals surface area contributed by atoms with Crippen molar-refractivity contribution in [2.45, 2.75) is 6.10 Å². The van der Waals surface area contributed by atoms with E-state index in [1.807, 2.05) is 0 Å². The summed E-state index contributed by atoms with van der Waals surface area (Å²) in [5.41, 5.74) is 0.609. The summed E-state index contributed by atoms with van der Waals surface area (Å²) in [7, 11) is 3.10. The lowest BCUT2D eigenvalue weighted by Gasteiger charge is -2.12. The van der Waals surface area contributed by atoms with Crippen molar-refractivity contribution < 1.29 is 19.0 Å². The fourth-order valence-electron chi connectivity index (χ4n) is 1.63. The van der Waals surface area contributed by atoms with Gasteiger partial charge in [0.15, 0.2) is 5.22 Å². The van der Waals surface area contributed by atoms with E-state index >= 15 is 0 Å². The zero-order valence-corrected chi connectivity index (χ0v) is 10.8. The van der Waals surface area contributed by atoms with E-state index in [9.17, 15) is 5.11 Å². The van der Waals surface area contributed by atoms with Gasteiger partial charge in [0.25, 0.3) is 0 Å². The van der Waals surface area contributed by atoms with Gasteiger partial charge < -0.3 is 19.0 Å². The maximum absolute atomic E-state index is 10.2. The van der Waals surface area contributed by atoms with Crippen LogP contribution in [-0.4, -0.2) is 19.3 Å². The molecule has 5 heteroatoms. The molecule has 0 fully saturated rings. The minimum absolute atomic E-state index is 0.235. The Labute approximate surface area is 110 Å². The molecule has 2 aromatic rings. The van der Waals surface area contributed by atoms with Gasteiger partial charge in [-0.05, 0) is 41.4 Å². The van der Waals surface area contributed by atoms with Gasteiger partial charge in [-0.1, -0.05) is 0 Å². The molecular weight excluding hydrogens is 256 g/mol. The highest BCUT2D eigenvalue weighted by Crippen LogP contribution is 2.31. The Balaban J connectivity index is 2.37. The highest BCUT2D eigenvalue weighted by molar-refractivity contribution is 6.28. The van der Waals surface area contributed by atoms with Crippen LogP contribution in [0, 0.1) is 0 Å². The third-order valence-corrected chi connectivity index (χ3v) is 2.76. The van der Waals surface area contributed by atoms with E-state index in [1.54, 1.807) is 44.6 Å². The van der Waals surface area contributed by atoms with E-state index < -0.39 is 6.10 Å². The quantitative estimate of drug-likeness (QED) is 0.926. The molecule has 2 rings (SSSR count). The second-order valence-corrected chi connectivity index (χ2v) is 4.06. The summed E-state index contributed by atoms with van der Waals surface area (Å²) in [5, 5.41) is 10.4. The third kappa shape index (κ3) is 2.60. The molecule has 0 saturated carbocycles. The smallest absolute Gasteiger partial charge is 0.193 e. The van der Waals surface area contributed by atoms with Crippen LogP contribution in [0.3, 0.4) is 0 Å². The van der Waals surface area contributed by atoms with E-state index in [1.165, 1.54) is 0 Å². The predicted molar refractivity (Wildman–Crippen MR) is 67.3 cm³/mol. The highest BCUT2D eigenvalue weighted by atomic mass is 35.5. The van der Waals surface area contributed by atoms with Crippen LogP contribution in [0.4, 0.5) is 0 Å². The van der Waals surface area contributed by atoms with Crippen LogP contribution in [0.1, 0.15) is 17.4 Å². The lowest BCUT2D eigenvalue weighted by atomic mass is 10.1. The Morgan fingerprint density at radius 3 is 2.17 bits per heavy atom. The second kappa shape index (κ2) is 5.33. The van der Waals surface area contributed by atoms with Crippen molar-refractivity contribution in [1.29, 1.82) is 0 Å². The molecule has 1 N–H and O–H groups in total. The molecule has 0 radical (unpaired) electrons. The Morgan fingerprint density at radius 2 is 1.72 bits per heavy atom. The molecule has 0 spiro atoms. The first-order valence-corrected chi connectivity index (χ1v) is 5.68. The van der Waals surface area contributed by atoms with Crippen LogP contribution in [0.25, 0.3) is 0 Å². The maximum atomic E-state index is 10.2. The highest BCUT2D eigenvalue weighted by Gasteiger charge is 2.16. The number of rotatable bonds is 4. The molecule has 18 heavy (non-hydrogen) atoms. The van der Waals surface area contributed by atoms with Gasteiger partial charge in [-0.15, -0.1) is 0 Å². The van der Waals surface area contributed by atoms with Crippen molar-refractivity contribution in [3.05, 3.63) is 46.9 Å². The number of halogens is 1. The molecule has 1 aromatic heterocycles. The second-order valence-electron chi connectivity index (χ2n) is 3.69. The van der Waals surface area contributed by atoms with E-state index in [2.05, 4.69) is 0 Å². The Bertz CT molecular complexity index is 513. The van der Waals surface area contributed by atoms with Gasteiger partial charge in [-0.25, -0.2) is 0 Å². The molecule has 0 amide bonds. The largest absolute Gasteiger partial charge is 0.497 e. The topological polar surface area (TPSA) is 51.8 Å². The molecule has 0 bridgehead atoms. The van der Waals surface area contributed by atoms with E-state index in [-0.39, 0.29) is 5.22 Å². The lowest BCUT2D eigenvalue weighted by Crippen LogP contribution is -1.99. The average Bonchev–Trinajstić information content (AvgIpc) is 2.83. The minimum atomic E-state index is -0.915. The summed E-state index contributed by atoms with van der Waals surface area (Å²) >= 11 is 5.68. The van der Waals surface area contributed by atoms with Gasteiger partial charge in [0.2, 0.25) is 0 Å². The maximum Gasteiger partial charge on any atom is 0.193 e. The molecule has 0 aliphatic carbocycles. The van der Waals surface area contributed by atoms with Crippen molar-refractivity contribution in [1.82, 2.24) is 0 Å². The zero-order chi connectivity index (χ0) is 13.1. The van der Waals surface area contributed by atoms with Crippen molar-refractivity contribution in [2.24, 2.45) is 0 Å². The summed E-state index contributed by atoms with van der Waals surface area (Å²) in [6.07, 6.45) is -0.915. The predicted octanol–water partition coefficient (Wildman–Crippen LogP) is 3.03. The zero-order valence-electron chi connectivity index (χ0n) is 10.0. The fourth-order valence-corrected chi connectivity index (χ4v) is 1.78. The van der Waals surface area contributed by atoms with Crippen molar-refractivity contribution in [2.75, 3.05) is 14.2 Å². The van der Waals surface area contributed by atoms with Crippen molar-refractivity contribution in [3.8, 4) is 11.5 Å². The number of benzene rings is 1. The first-order chi connectivity index (χ1) is 8.63. The third-order valence-electron chi connectivity index (χ3n) is 2.55. The van der Waals surface area contributed by atoms with Crippen LogP contribution < -0.4 is 9.47 Å². The van der Waals surface area contributed by atoms with Crippen LogP contribution in [0.2, 0.25) is 5.22 Å². The van der Waals surface area contributed by atoms with Gasteiger partial charge in [0.1, 0.15) is 23.4 Å². The summed E-state index contributed by atoms with van der Waals surface area (Å²) in [5.74, 6) is 1.57. The van der Waals surface area contributed by atoms with Crippen LogP contribution >= 0.6 is 11.6 Å². The normalized spacial score (nSPS) is 12.2. The number of aliphatic hydroxyl groups excluding tert-OH is 1. The molecule has 0 aliphatic heterocycles. The van der Waals surface area contributed by atoms with Gasteiger partial charge in [0.05, 0.1) is 14.2 Å². The molecule has 1 atom stereocenters. The van der Waals surface area contributed by atoms with Crippen LogP contribution in [-0.2, 0) is 0 Å². The monoisotopic (exact) mass is 268 g/mol. The summed E-state index contributed by atoms with van der Waals surface area (Å²) in [6.45, 7) is 0. The molecule has 4 nitrogen and oxygen atoms in total. The Kier molecular flexibility index (Phi) is 3.79. The SMILES string of the molecule is COc1cc(OC)cc(C(O)c2ccc(Cl)o2)c1. The van der Waals surface area contributed by atoms with Crippen molar-refractivity contribution in [3.63, 3.8) is 0 Å². The van der Waals surface area contributed by atoms with Gasteiger partial charge in [-0.3, -0.25) is 0 Å². The summed E-state index contributed by atoms with van der Waals surface area (Å²) in [6, 6.07) is 8.36. The van der Waals surface area contributed by atoms with Crippen LogP contribution in [0.15, 0.2) is 34.7 Å². The van der Waals surface area contributed by atoms with Crippen LogP contribution in [0.5, 0.6) is 11.5 Å². The molecule has 0 saturated heterocycles. The first-order valence-electron chi connectivity index (χ1n) is 5.30. The fraction of sp³-hybridized carbons (Fsp3) is 0.231. The van der Waals surface area contributed by atoms with Crippen molar-refractivity contribution >= 4 is 11.6 Å². The summed E-state index contributed by atoms with van der Waals surface area (Å²) < 4.78 is 15.5. The molecule has 1 heterocycles. The van der Waals surface area contributed by atoms with E-state index in [0.717, 1.165) is 0 Å². The van der Waals surface area contributed by atoms with E-state index in [4.69, 9.17) is 25.5 Å². The molecule has 0 aliphatic rings. The number of methoxy groups -OCH3 is 2. The van der Waals surface area contributed by atoms with Gasteiger partial charge in [0, 0.05) is 6.07 Å². The Hall–Kier alpha value is -1.65. The molecular formula is C13H13ClO4. The standard InChI is InChI=1S/C13H13ClO4/c1-16-9-5-8(6-10(7-9)17-2)13(15)11-3-4-12(14)18-11/h3-7,13,15H,1-2H3. The lowest BCUT2D eigenvalue weighted by molar-refractivity contribution is 0.188. The molecule has 1 unspecified atom stereocenters. The minimum Gasteiger partial charge on any atom is -0.497 e. The number of hydrogen-bond donors (Lipinski definition) is 1. The number of hydrogen-bond acceptors (Lipinski definition) is 4. The molecule has 96 valence electrons. The average molecular weight is 269 g/mol. The van der Waals surface area contributed by atoms with E-state index in [0.29, 0.717) is 22.8 Å². The number of aliphatic hydroxyl groups is 1. The Morgan fingerprint density at radius 1 is 1.11 bits per heavy atom.